The minimum atomic E-state index is -1.36. The molecule has 5 heteroatoms. The van der Waals surface area contributed by atoms with Crippen molar-refractivity contribution in [2.75, 3.05) is 20.3 Å². The van der Waals surface area contributed by atoms with Gasteiger partial charge >= 0.3 is 0 Å². The van der Waals surface area contributed by atoms with Crippen LogP contribution >= 0.6 is 0 Å². The summed E-state index contributed by atoms with van der Waals surface area (Å²) in [6.07, 6.45) is 1.86. The topological polar surface area (TPSA) is 74.1 Å². The molecule has 2 aromatic rings. The van der Waals surface area contributed by atoms with Crippen LogP contribution in [0.25, 0.3) is 5.57 Å². The van der Waals surface area contributed by atoms with Gasteiger partial charge in [-0.2, -0.15) is 0 Å². The zero-order valence-corrected chi connectivity index (χ0v) is 16.7. The Labute approximate surface area is 170 Å². The number of aliphatic hydroxyl groups excluding tert-OH is 1. The van der Waals surface area contributed by atoms with E-state index in [0.717, 1.165) is 41.1 Å². The van der Waals surface area contributed by atoms with Gasteiger partial charge in [-0.25, -0.2) is 4.99 Å². The SMILES string of the molecule is COC(Cc1ccccc1)C1(O)N=c2cccc3c2=C1C[C@H]1NC[C@H](CO)CC31. The van der Waals surface area contributed by atoms with Crippen molar-refractivity contribution in [1.82, 2.24) is 5.32 Å². The molecule has 2 aromatic carbocycles. The van der Waals surface area contributed by atoms with Gasteiger partial charge in [0.25, 0.3) is 0 Å². The predicted octanol–water partition coefficient (Wildman–Crippen LogP) is 0.874. The van der Waals surface area contributed by atoms with Gasteiger partial charge in [0.1, 0.15) is 6.10 Å². The summed E-state index contributed by atoms with van der Waals surface area (Å²) in [6, 6.07) is 16.6. The molecule has 1 aliphatic carbocycles. The first-order chi connectivity index (χ1) is 14.1. The quantitative estimate of drug-likeness (QED) is 0.706. The third-order valence-corrected chi connectivity index (χ3v) is 6.93. The molecule has 29 heavy (non-hydrogen) atoms. The van der Waals surface area contributed by atoms with E-state index in [4.69, 9.17) is 9.73 Å². The van der Waals surface area contributed by atoms with Gasteiger partial charge < -0.3 is 20.3 Å². The molecule has 0 radical (unpaired) electrons. The van der Waals surface area contributed by atoms with E-state index in [9.17, 15) is 10.2 Å². The molecule has 0 spiro atoms. The first kappa shape index (κ1) is 18.9. The van der Waals surface area contributed by atoms with E-state index in [1.165, 1.54) is 5.56 Å². The monoisotopic (exact) mass is 392 g/mol. The minimum absolute atomic E-state index is 0.207. The normalized spacial score (nSPS) is 31.0. The molecule has 0 bridgehead atoms. The van der Waals surface area contributed by atoms with Gasteiger partial charge in [-0.1, -0.05) is 42.5 Å². The van der Waals surface area contributed by atoms with Crippen molar-refractivity contribution >= 4 is 5.57 Å². The van der Waals surface area contributed by atoms with Crippen LogP contribution in [0.1, 0.15) is 29.9 Å². The van der Waals surface area contributed by atoms with Gasteiger partial charge in [-0.3, -0.25) is 0 Å². The number of benzene rings is 2. The number of hydrogen-bond donors (Lipinski definition) is 3. The second-order valence-electron chi connectivity index (χ2n) is 8.58. The molecule has 0 saturated carbocycles. The molecule has 1 saturated heterocycles. The van der Waals surface area contributed by atoms with Gasteiger partial charge in [-0.05, 0) is 41.5 Å². The van der Waals surface area contributed by atoms with E-state index in [1.807, 2.05) is 30.3 Å². The summed E-state index contributed by atoms with van der Waals surface area (Å²) in [5.74, 6) is 0.614. The number of fused-ring (bicyclic) bond motifs is 2. The largest absolute Gasteiger partial charge is 0.396 e. The Bertz CT molecular complexity index is 1020. The van der Waals surface area contributed by atoms with Crippen LogP contribution in [0.3, 0.4) is 0 Å². The van der Waals surface area contributed by atoms with Gasteiger partial charge in [-0.15, -0.1) is 0 Å². The second kappa shape index (κ2) is 7.33. The molecule has 5 atom stereocenters. The Kier molecular flexibility index (Phi) is 4.79. The minimum Gasteiger partial charge on any atom is -0.396 e. The van der Waals surface area contributed by atoms with Crippen LogP contribution in [0, 0.1) is 5.92 Å². The fourth-order valence-electron chi connectivity index (χ4n) is 5.44. The fraction of sp³-hybridized carbons (Fsp3) is 0.458. The molecule has 3 unspecified atom stereocenters. The predicted molar refractivity (Wildman–Crippen MR) is 111 cm³/mol. The van der Waals surface area contributed by atoms with Crippen LogP contribution < -0.4 is 15.9 Å². The fourth-order valence-corrected chi connectivity index (χ4v) is 5.44. The lowest BCUT2D eigenvalue weighted by molar-refractivity contribution is -0.0525. The maximum Gasteiger partial charge on any atom is 0.206 e. The van der Waals surface area contributed by atoms with Gasteiger partial charge in [0.05, 0.1) is 5.36 Å². The lowest BCUT2D eigenvalue weighted by Crippen LogP contribution is -2.53. The summed E-state index contributed by atoms with van der Waals surface area (Å²) in [6.45, 7) is 1.02. The molecule has 152 valence electrons. The van der Waals surface area contributed by atoms with E-state index in [2.05, 4.69) is 23.5 Å². The molecule has 5 nitrogen and oxygen atoms in total. The third kappa shape index (κ3) is 3.04. The van der Waals surface area contributed by atoms with Crippen molar-refractivity contribution in [2.45, 2.75) is 43.1 Å². The maximum atomic E-state index is 11.8. The zero-order chi connectivity index (χ0) is 20.0. The number of ether oxygens (including phenoxy) is 1. The van der Waals surface area contributed by atoms with Gasteiger partial charge in [0.2, 0.25) is 5.72 Å². The zero-order valence-electron chi connectivity index (χ0n) is 16.7. The summed E-state index contributed by atoms with van der Waals surface area (Å²) >= 11 is 0. The molecule has 0 amide bonds. The highest BCUT2D eigenvalue weighted by Gasteiger charge is 2.48. The van der Waals surface area contributed by atoms with Crippen molar-refractivity contribution in [1.29, 1.82) is 0 Å². The molecule has 0 aromatic heterocycles. The first-order valence-corrected chi connectivity index (χ1v) is 10.5. The highest BCUT2D eigenvalue weighted by atomic mass is 16.5. The van der Waals surface area contributed by atoms with Crippen molar-refractivity contribution in [2.24, 2.45) is 10.9 Å². The molecule has 3 aliphatic rings. The van der Waals surface area contributed by atoms with Crippen LogP contribution in [-0.4, -0.2) is 48.3 Å². The molecular weight excluding hydrogens is 364 g/mol. The smallest absolute Gasteiger partial charge is 0.206 e. The highest BCUT2D eigenvalue weighted by molar-refractivity contribution is 5.62. The molecule has 2 heterocycles. The van der Waals surface area contributed by atoms with Gasteiger partial charge in [0, 0.05) is 43.9 Å². The number of methoxy groups -OCH3 is 1. The maximum absolute atomic E-state index is 11.8. The standard InChI is InChI=1S/C24H28N2O3/c1-29-22(11-15-6-3-2-4-7-15)24(28)19-12-21-18(10-16(14-27)13-25-21)17-8-5-9-20(26-24)23(17)19/h2-9,16,18,21-22,25,27-28H,10-14H2,1H3/t16-,18?,21-,22?,24?/m1/s1. The van der Waals surface area contributed by atoms with E-state index >= 15 is 0 Å². The molecule has 1 fully saturated rings. The number of nitrogens with one attached hydrogen (secondary N) is 1. The van der Waals surface area contributed by atoms with E-state index in [0.29, 0.717) is 12.3 Å². The highest BCUT2D eigenvalue weighted by Crippen LogP contribution is 2.41. The van der Waals surface area contributed by atoms with E-state index in [-0.39, 0.29) is 18.6 Å². The van der Waals surface area contributed by atoms with Crippen molar-refractivity contribution in [3.63, 3.8) is 0 Å². The molecule has 2 aliphatic heterocycles. The lowest BCUT2D eigenvalue weighted by atomic mass is 9.72. The number of aliphatic hydroxyl groups is 2. The van der Waals surface area contributed by atoms with Crippen molar-refractivity contribution in [3.05, 3.63) is 70.2 Å². The number of rotatable bonds is 5. The Morgan fingerprint density at radius 1 is 1.21 bits per heavy atom. The van der Waals surface area contributed by atoms with Gasteiger partial charge in [0.15, 0.2) is 0 Å². The summed E-state index contributed by atoms with van der Waals surface area (Å²) in [4.78, 5) is 4.82. The Morgan fingerprint density at radius 3 is 2.79 bits per heavy atom. The summed E-state index contributed by atoms with van der Waals surface area (Å²) < 4.78 is 5.82. The number of nitrogens with zero attached hydrogens (tertiary/aromatic N) is 1. The Morgan fingerprint density at radius 2 is 2.03 bits per heavy atom. The molecular formula is C24H28N2O3. The van der Waals surface area contributed by atoms with E-state index < -0.39 is 11.8 Å². The lowest BCUT2D eigenvalue weighted by Gasteiger charge is -2.42. The number of hydrogen-bond acceptors (Lipinski definition) is 5. The van der Waals surface area contributed by atoms with Crippen LogP contribution in [-0.2, 0) is 11.2 Å². The van der Waals surface area contributed by atoms with Crippen molar-refractivity contribution < 1.29 is 14.9 Å². The third-order valence-electron chi connectivity index (χ3n) is 6.93. The Hall–Kier alpha value is -2.05. The van der Waals surface area contributed by atoms with Crippen molar-refractivity contribution in [3.8, 4) is 0 Å². The molecule has 3 N–H and O–H groups in total. The summed E-state index contributed by atoms with van der Waals surface area (Å²) in [7, 11) is 1.65. The summed E-state index contributed by atoms with van der Waals surface area (Å²) in [5.41, 5.74) is 1.98. The average Bonchev–Trinajstić information content (AvgIpc) is 3.06. The number of piperidine rings is 1. The Balaban J connectivity index is 1.59. The van der Waals surface area contributed by atoms with Crippen LogP contribution in [0.2, 0.25) is 0 Å². The molecule has 5 rings (SSSR count). The average molecular weight is 392 g/mol. The van der Waals surface area contributed by atoms with Crippen LogP contribution in [0.5, 0.6) is 0 Å². The second-order valence-corrected chi connectivity index (χ2v) is 8.58. The first-order valence-electron chi connectivity index (χ1n) is 10.5. The van der Waals surface area contributed by atoms with Crippen LogP contribution in [0.15, 0.2) is 53.5 Å². The van der Waals surface area contributed by atoms with Crippen LogP contribution in [0.4, 0.5) is 0 Å². The summed E-state index contributed by atoms with van der Waals surface area (Å²) in [5, 5.41) is 27.1. The van der Waals surface area contributed by atoms with E-state index in [1.54, 1.807) is 7.11 Å².